The van der Waals surface area contributed by atoms with Crippen LogP contribution in [0.4, 0.5) is 0 Å². The number of rotatable bonds is 5. The second-order valence-electron chi connectivity index (χ2n) is 3.83. The van der Waals surface area contributed by atoms with Crippen molar-refractivity contribution in [2.75, 3.05) is 7.05 Å². The Morgan fingerprint density at radius 2 is 2.00 bits per heavy atom. The van der Waals surface area contributed by atoms with Crippen LogP contribution in [0.5, 0.6) is 0 Å². The summed E-state index contributed by atoms with van der Waals surface area (Å²) in [5.74, 6) is 1.68. The van der Waals surface area contributed by atoms with Crippen LogP contribution in [0.1, 0.15) is 44.1 Å². The van der Waals surface area contributed by atoms with Crippen LogP contribution >= 0.6 is 0 Å². The van der Waals surface area contributed by atoms with Gasteiger partial charge in [0.1, 0.15) is 5.76 Å². The number of furan rings is 1. The monoisotopic (exact) mass is 195 g/mol. The molecule has 1 N–H and O–H groups in total. The Morgan fingerprint density at radius 3 is 2.36 bits per heavy atom. The fourth-order valence-electron chi connectivity index (χ4n) is 2.06. The highest BCUT2D eigenvalue weighted by Gasteiger charge is 2.19. The quantitative estimate of drug-likeness (QED) is 0.780. The molecule has 0 aromatic carbocycles. The van der Waals surface area contributed by atoms with Gasteiger partial charge in [0.05, 0.1) is 6.26 Å². The summed E-state index contributed by atoms with van der Waals surface area (Å²) in [6.45, 7) is 6.47. The molecule has 1 unspecified atom stereocenters. The number of aryl methyl sites for hydroxylation is 1. The molecule has 0 radical (unpaired) electrons. The number of hydrogen-bond donors (Lipinski definition) is 1. The van der Waals surface area contributed by atoms with Crippen LogP contribution in [0.25, 0.3) is 0 Å². The zero-order valence-electron chi connectivity index (χ0n) is 9.63. The largest absolute Gasteiger partial charge is 0.469 e. The van der Waals surface area contributed by atoms with E-state index in [2.05, 4.69) is 25.2 Å². The van der Waals surface area contributed by atoms with Gasteiger partial charge in [-0.05, 0) is 26.0 Å². The Kier molecular flexibility index (Phi) is 4.21. The normalized spacial score (nSPS) is 13.5. The molecule has 0 aliphatic heterocycles. The Labute approximate surface area is 86.7 Å². The molecular formula is C12H21NO. The first-order chi connectivity index (χ1) is 6.72. The molecular weight excluding hydrogens is 174 g/mol. The van der Waals surface area contributed by atoms with Gasteiger partial charge < -0.3 is 9.73 Å². The maximum absolute atomic E-state index is 5.35. The lowest BCUT2D eigenvalue weighted by Crippen LogP contribution is -2.24. The van der Waals surface area contributed by atoms with Crippen molar-refractivity contribution in [2.24, 2.45) is 5.92 Å². The van der Waals surface area contributed by atoms with Gasteiger partial charge in [0.25, 0.3) is 0 Å². The highest BCUT2D eigenvalue weighted by molar-refractivity contribution is 5.17. The molecule has 2 heteroatoms. The highest BCUT2D eigenvalue weighted by atomic mass is 16.3. The zero-order chi connectivity index (χ0) is 10.6. The van der Waals surface area contributed by atoms with E-state index >= 15 is 0 Å². The van der Waals surface area contributed by atoms with Crippen molar-refractivity contribution in [3.63, 3.8) is 0 Å². The Morgan fingerprint density at radius 1 is 1.36 bits per heavy atom. The Balaban J connectivity index is 2.80. The van der Waals surface area contributed by atoms with Gasteiger partial charge >= 0.3 is 0 Å². The topological polar surface area (TPSA) is 25.2 Å². The zero-order valence-corrected chi connectivity index (χ0v) is 9.63. The summed E-state index contributed by atoms with van der Waals surface area (Å²) < 4.78 is 5.35. The van der Waals surface area contributed by atoms with Gasteiger partial charge in [0.15, 0.2) is 0 Å². The average molecular weight is 195 g/mol. The van der Waals surface area contributed by atoms with Crippen molar-refractivity contribution >= 4 is 0 Å². The van der Waals surface area contributed by atoms with Crippen LogP contribution in [0.3, 0.4) is 0 Å². The van der Waals surface area contributed by atoms with Crippen LogP contribution < -0.4 is 5.32 Å². The molecule has 1 rings (SSSR count). The molecule has 0 fully saturated rings. The molecule has 0 saturated carbocycles. The predicted molar refractivity (Wildman–Crippen MR) is 59.3 cm³/mol. The van der Waals surface area contributed by atoms with Gasteiger partial charge in [-0.3, -0.25) is 0 Å². The summed E-state index contributed by atoms with van der Waals surface area (Å²) in [7, 11) is 2.02. The van der Waals surface area contributed by atoms with Gasteiger partial charge in [-0.1, -0.05) is 26.7 Å². The minimum atomic E-state index is 0.433. The van der Waals surface area contributed by atoms with E-state index in [1.54, 1.807) is 0 Å². The molecule has 0 amide bonds. The van der Waals surface area contributed by atoms with E-state index in [0.29, 0.717) is 12.0 Å². The lowest BCUT2D eigenvalue weighted by atomic mass is 9.90. The molecule has 2 nitrogen and oxygen atoms in total. The first kappa shape index (κ1) is 11.3. The highest BCUT2D eigenvalue weighted by Crippen LogP contribution is 2.28. The molecule has 0 bridgehead atoms. The van der Waals surface area contributed by atoms with Crippen molar-refractivity contribution in [3.05, 3.63) is 23.7 Å². The van der Waals surface area contributed by atoms with Crippen LogP contribution in [0, 0.1) is 12.8 Å². The average Bonchev–Trinajstić information content (AvgIpc) is 2.60. The molecule has 1 heterocycles. The SMILES string of the molecule is CCC(CC)C(NC)c1coc(C)c1. The van der Waals surface area contributed by atoms with Crippen LogP contribution in [0.15, 0.2) is 16.7 Å². The summed E-state index contributed by atoms with van der Waals surface area (Å²) >= 11 is 0. The fraction of sp³-hybridized carbons (Fsp3) is 0.667. The van der Waals surface area contributed by atoms with Gasteiger partial charge in [-0.15, -0.1) is 0 Å². The minimum absolute atomic E-state index is 0.433. The van der Waals surface area contributed by atoms with E-state index in [4.69, 9.17) is 4.42 Å². The van der Waals surface area contributed by atoms with E-state index in [-0.39, 0.29) is 0 Å². The third-order valence-electron chi connectivity index (χ3n) is 2.94. The first-order valence-electron chi connectivity index (χ1n) is 5.45. The lowest BCUT2D eigenvalue weighted by molar-refractivity contribution is 0.357. The smallest absolute Gasteiger partial charge is 0.101 e. The van der Waals surface area contributed by atoms with E-state index in [9.17, 15) is 0 Å². The van der Waals surface area contributed by atoms with E-state index in [1.807, 2.05) is 20.2 Å². The molecule has 14 heavy (non-hydrogen) atoms. The molecule has 0 spiro atoms. The Bertz CT molecular complexity index is 263. The van der Waals surface area contributed by atoms with Crippen LogP contribution in [-0.4, -0.2) is 7.05 Å². The molecule has 1 aromatic heterocycles. The maximum atomic E-state index is 5.35. The van der Waals surface area contributed by atoms with Gasteiger partial charge in [0, 0.05) is 11.6 Å². The molecule has 1 aromatic rings. The third-order valence-corrected chi connectivity index (χ3v) is 2.94. The number of hydrogen-bond acceptors (Lipinski definition) is 2. The fourth-order valence-corrected chi connectivity index (χ4v) is 2.06. The van der Waals surface area contributed by atoms with Gasteiger partial charge in [0.2, 0.25) is 0 Å². The summed E-state index contributed by atoms with van der Waals surface area (Å²) in [6, 6.07) is 2.56. The van der Waals surface area contributed by atoms with E-state index in [1.165, 1.54) is 18.4 Å². The molecule has 80 valence electrons. The second kappa shape index (κ2) is 5.20. The second-order valence-corrected chi connectivity index (χ2v) is 3.83. The first-order valence-corrected chi connectivity index (χ1v) is 5.45. The van der Waals surface area contributed by atoms with Crippen LogP contribution in [-0.2, 0) is 0 Å². The molecule has 0 aliphatic carbocycles. The summed E-state index contributed by atoms with van der Waals surface area (Å²) in [4.78, 5) is 0. The summed E-state index contributed by atoms with van der Waals surface area (Å²) in [5.41, 5.74) is 1.28. The number of nitrogens with one attached hydrogen (secondary N) is 1. The molecule has 0 aliphatic rings. The minimum Gasteiger partial charge on any atom is -0.469 e. The van der Waals surface area contributed by atoms with Gasteiger partial charge in [-0.25, -0.2) is 0 Å². The molecule has 0 saturated heterocycles. The van der Waals surface area contributed by atoms with Crippen molar-refractivity contribution in [3.8, 4) is 0 Å². The van der Waals surface area contributed by atoms with Crippen molar-refractivity contribution < 1.29 is 4.42 Å². The van der Waals surface area contributed by atoms with Crippen molar-refractivity contribution in [2.45, 2.75) is 39.7 Å². The lowest BCUT2D eigenvalue weighted by Gasteiger charge is -2.23. The van der Waals surface area contributed by atoms with E-state index < -0.39 is 0 Å². The third kappa shape index (κ3) is 2.38. The summed E-state index contributed by atoms with van der Waals surface area (Å²) in [6.07, 6.45) is 4.27. The van der Waals surface area contributed by atoms with Crippen LogP contribution in [0.2, 0.25) is 0 Å². The van der Waals surface area contributed by atoms with Gasteiger partial charge in [-0.2, -0.15) is 0 Å². The molecule has 1 atom stereocenters. The Hall–Kier alpha value is -0.760. The summed E-state index contributed by atoms with van der Waals surface area (Å²) in [5, 5.41) is 3.37. The van der Waals surface area contributed by atoms with E-state index in [0.717, 1.165) is 5.76 Å². The van der Waals surface area contributed by atoms with Crippen molar-refractivity contribution in [1.29, 1.82) is 0 Å². The van der Waals surface area contributed by atoms with Crippen molar-refractivity contribution in [1.82, 2.24) is 5.32 Å². The standard InChI is InChI=1S/C12H21NO/c1-5-10(6-2)12(13-4)11-7-9(3)14-8-11/h7-8,10,12-13H,5-6H2,1-4H3. The predicted octanol–water partition coefficient (Wildman–Crippen LogP) is 3.28. The maximum Gasteiger partial charge on any atom is 0.101 e.